The zero-order chi connectivity index (χ0) is 12.3. The third-order valence-corrected chi connectivity index (χ3v) is 3.27. The van der Waals surface area contributed by atoms with Crippen LogP contribution >= 0.6 is 11.3 Å². The summed E-state index contributed by atoms with van der Waals surface area (Å²) in [7, 11) is 0. The maximum Gasteiger partial charge on any atom is 0.276 e. The molecule has 3 nitrogen and oxygen atoms in total. The second-order valence-corrected chi connectivity index (χ2v) is 5.19. The van der Waals surface area contributed by atoms with Gasteiger partial charge >= 0.3 is 0 Å². The largest absolute Gasteiger partial charge is 0.276 e. The van der Waals surface area contributed by atoms with Crippen LogP contribution in [-0.4, -0.2) is 12.5 Å². The fourth-order valence-corrected chi connectivity index (χ4v) is 2.42. The van der Waals surface area contributed by atoms with Crippen molar-refractivity contribution in [2.24, 2.45) is 5.92 Å². The Morgan fingerprint density at radius 1 is 1.41 bits per heavy atom. The molecule has 2 aromatic rings. The first-order chi connectivity index (χ1) is 8.18. The van der Waals surface area contributed by atoms with Crippen molar-refractivity contribution in [3.05, 3.63) is 35.2 Å². The Morgan fingerprint density at radius 2 is 2.18 bits per heavy atom. The second kappa shape index (κ2) is 5.29. The molecule has 17 heavy (non-hydrogen) atoms. The number of amides is 1. The highest BCUT2D eigenvalue weighted by molar-refractivity contribution is 7.17. The van der Waals surface area contributed by atoms with Gasteiger partial charge in [-0.05, 0) is 12.0 Å². The Bertz CT molecular complexity index is 519. The minimum absolute atomic E-state index is 0.178. The molecule has 0 saturated carbocycles. The summed E-state index contributed by atoms with van der Waals surface area (Å²) in [5.41, 5.74) is 3.15. The summed E-state index contributed by atoms with van der Waals surface area (Å²) < 4.78 is 1.11. The average Bonchev–Trinajstić information content (AvgIpc) is 2.72. The lowest BCUT2D eigenvalue weighted by Gasteiger charge is -2.07. The van der Waals surface area contributed by atoms with Gasteiger partial charge in [0.2, 0.25) is 0 Å². The van der Waals surface area contributed by atoms with Crippen molar-refractivity contribution < 1.29 is 9.63 Å². The van der Waals surface area contributed by atoms with Crippen molar-refractivity contribution in [1.29, 1.82) is 0 Å². The number of thiophene rings is 1. The van der Waals surface area contributed by atoms with E-state index in [0.29, 0.717) is 18.1 Å². The summed E-state index contributed by atoms with van der Waals surface area (Å²) in [6.07, 6.45) is 0. The minimum Gasteiger partial charge on any atom is -0.273 e. The first-order valence-electron chi connectivity index (χ1n) is 5.57. The molecule has 2 rings (SSSR count). The standard InChI is InChI=1S/C13H15NO2S/c1-9(2)7-16-14-13(15)11-8-17-12-6-4-3-5-10(11)12/h3-6,8-9H,7H2,1-2H3,(H,14,15). The van der Waals surface area contributed by atoms with Crippen LogP contribution in [-0.2, 0) is 4.84 Å². The molecule has 1 N–H and O–H groups in total. The van der Waals surface area contributed by atoms with Gasteiger partial charge in [-0.3, -0.25) is 9.63 Å². The van der Waals surface area contributed by atoms with Crippen molar-refractivity contribution in [2.75, 3.05) is 6.61 Å². The Hall–Kier alpha value is -1.39. The van der Waals surface area contributed by atoms with E-state index in [0.717, 1.165) is 10.1 Å². The topological polar surface area (TPSA) is 38.3 Å². The number of benzene rings is 1. The molecule has 1 amide bonds. The van der Waals surface area contributed by atoms with Crippen LogP contribution in [0.15, 0.2) is 29.6 Å². The Kier molecular flexibility index (Phi) is 3.76. The van der Waals surface area contributed by atoms with Gasteiger partial charge in [0.1, 0.15) is 0 Å². The molecular weight excluding hydrogens is 234 g/mol. The SMILES string of the molecule is CC(C)CONC(=O)c1csc2ccccc12. The number of hydrogen-bond donors (Lipinski definition) is 1. The third kappa shape index (κ3) is 2.84. The lowest BCUT2D eigenvalue weighted by Crippen LogP contribution is -2.25. The Morgan fingerprint density at radius 3 is 2.94 bits per heavy atom. The predicted molar refractivity (Wildman–Crippen MR) is 70.1 cm³/mol. The number of fused-ring (bicyclic) bond motifs is 1. The quantitative estimate of drug-likeness (QED) is 0.845. The Balaban J connectivity index is 2.09. The first-order valence-corrected chi connectivity index (χ1v) is 6.45. The highest BCUT2D eigenvalue weighted by Gasteiger charge is 2.11. The van der Waals surface area contributed by atoms with Gasteiger partial charge in [-0.1, -0.05) is 32.0 Å². The molecular formula is C13H15NO2S. The molecule has 0 radical (unpaired) electrons. The monoisotopic (exact) mass is 249 g/mol. The normalized spacial score (nSPS) is 11.0. The molecule has 1 aromatic heterocycles. The maximum absolute atomic E-state index is 11.9. The molecule has 0 spiro atoms. The molecule has 4 heteroatoms. The van der Waals surface area contributed by atoms with Gasteiger partial charge in [-0.2, -0.15) is 0 Å². The number of rotatable bonds is 4. The van der Waals surface area contributed by atoms with Gasteiger partial charge in [0.15, 0.2) is 0 Å². The highest BCUT2D eigenvalue weighted by atomic mass is 32.1. The summed E-state index contributed by atoms with van der Waals surface area (Å²) in [4.78, 5) is 17.0. The number of carbonyl (C=O) groups is 1. The average molecular weight is 249 g/mol. The van der Waals surface area contributed by atoms with E-state index in [1.165, 1.54) is 0 Å². The molecule has 0 aliphatic carbocycles. The summed E-state index contributed by atoms with van der Waals surface area (Å²) in [5.74, 6) is 0.220. The van der Waals surface area contributed by atoms with Crippen molar-refractivity contribution in [3.63, 3.8) is 0 Å². The van der Waals surface area contributed by atoms with Crippen molar-refractivity contribution in [1.82, 2.24) is 5.48 Å². The summed E-state index contributed by atoms with van der Waals surface area (Å²) in [6, 6.07) is 7.85. The van der Waals surface area contributed by atoms with Crippen LogP contribution < -0.4 is 5.48 Å². The van der Waals surface area contributed by atoms with E-state index < -0.39 is 0 Å². The van der Waals surface area contributed by atoms with E-state index in [2.05, 4.69) is 5.48 Å². The fraction of sp³-hybridized carbons (Fsp3) is 0.308. The maximum atomic E-state index is 11.9. The van der Waals surface area contributed by atoms with Crippen molar-refractivity contribution in [2.45, 2.75) is 13.8 Å². The van der Waals surface area contributed by atoms with Crippen LogP contribution in [0.2, 0.25) is 0 Å². The van der Waals surface area contributed by atoms with Gasteiger partial charge in [-0.15, -0.1) is 11.3 Å². The van der Waals surface area contributed by atoms with Crippen molar-refractivity contribution in [3.8, 4) is 0 Å². The van der Waals surface area contributed by atoms with E-state index in [1.807, 2.05) is 43.5 Å². The molecule has 0 fully saturated rings. The van der Waals surface area contributed by atoms with Crippen LogP contribution in [0.25, 0.3) is 10.1 Å². The van der Waals surface area contributed by atoms with Crippen LogP contribution in [0.5, 0.6) is 0 Å². The number of nitrogens with one attached hydrogen (secondary N) is 1. The van der Waals surface area contributed by atoms with E-state index in [9.17, 15) is 4.79 Å². The summed E-state index contributed by atoms with van der Waals surface area (Å²) in [5, 5.41) is 2.83. The zero-order valence-corrected chi connectivity index (χ0v) is 10.7. The highest BCUT2D eigenvalue weighted by Crippen LogP contribution is 2.25. The molecule has 0 unspecified atom stereocenters. The van der Waals surface area contributed by atoms with E-state index >= 15 is 0 Å². The van der Waals surface area contributed by atoms with E-state index in [1.54, 1.807) is 11.3 Å². The van der Waals surface area contributed by atoms with Crippen LogP contribution in [0.3, 0.4) is 0 Å². The molecule has 0 saturated heterocycles. The minimum atomic E-state index is -0.178. The molecule has 0 aliphatic heterocycles. The van der Waals surface area contributed by atoms with E-state index in [-0.39, 0.29) is 5.91 Å². The lowest BCUT2D eigenvalue weighted by atomic mass is 10.2. The van der Waals surface area contributed by atoms with E-state index in [4.69, 9.17) is 4.84 Å². The number of hydrogen-bond acceptors (Lipinski definition) is 3. The molecule has 0 atom stereocenters. The van der Waals surface area contributed by atoms with Gasteiger partial charge in [0.25, 0.3) is 5.91 Å². The molecule has 0 bridgehead atoms. The summed E-state index contributed by atoms with van der Waals surface area (Å²) >= 11 is 1.57. The van der Waals surface area contributed by atoms with Crippen LogP contribution in [0.1, 0.15) is 24.2 Å². The molecule has 1 heterocycles. The van der Waals surface area contributed by atoms with Crippen molar-refractivity contribution >= 4 is 27.3 Å². The first kappa shape index (κ1) is 12.1. The lowest BCUT2D eigenvalue weighted by molar-refractivity contribution is 0.0210. The summed E-state index contributed by atoms with van der Waals surface area (Å²) in [6.45, 7) is 4.59. The zero-order valence-electron chi connectivity index (χ0n) is 9.90. The smallest absolute Gasteiger partial charge is 0.273 e. The Labute approximate surface area is 104 Å². The second-order valence-electron chi connectivity index (χ2n) is 4.28. The van der Waals surface area contributed by atoms with Crippen LogP contribution in [0.4, 0.5) is 0 Å². The van der Waals surface area contributed by atoms with Gasteiger partial charge in [0, 0.05) is 15.5 Å². The molecule has 90 valence electrons. The number of hydroxylamine groups is 1. The molecule has 1 aromatic carbocycles. The third-order valence-electron chi connectivity index (χ3n) is 2.31. The molecule has 0 aliphatic rings. The van der Waals surface area contributed by atoms with Crippen LogP contribution in [0, 0.1) is 5.92 Å². The predicted octanol–water partition coefficient (Wildman–Crippen LogP) is 3.22. The van der Waals surface area contributed by atoms with Gasteiger partial charge in [0.05, 0.1) is 12.2 Å². The van der Waals surface area contributed by atoms with Gasteiger partial charge in [-0.25, -0.2) is 5.48 Å². The number of carbonyl (C=O) groups excluding carboxylic acids is 1. The fourth-order valence-electron chi connectivity index (χ4n) is 1.48. The van der Waals surface area contributed by atoms with Gasteiger partial charge < -0.3 is 0 Å².